The number of carbonyl (C=O) groups excluding carboxylic acids is 2. The summed E-state index contributed by atoms with van der Waals surface area (Å²) in [6.45, 7) is 5.95. The molecule has 2 amide bonds. The summed E-state index contributed by atoms with van der Waals surface area (Å²) in [4.78, 5) is 23.5. The van der Waals surface area contributed by atoms with Gasteiger partial charge in [-0.15, -0.1) is 0 Å². The van der Waals surface area contributed by atoms with E-state index < -0.39 is 0 Å². The molecule has 5 nitrogen and oxygen atoms in total. The van der Waals surface area contributed by atoms with E-state index in [4.69, 9.17) is 0 Å². The van der Waals surface area contributed by atoms with Crippen molar-refractivity contribution in [2.75, 3.05) is 22.5 Å². The maximum atomic E-state index is 12.1. The molecular weight excluding hydrogens is 302 g/mol. The SMILES string of the molecule is CCC(=O)Nc1cccc(NCC(=O)Nc2cccc(C)c2C)c1. The van der Waals surface area contributed by atoms with E-state index >= 15 is 0 Å². The fourth-order valence-electron chi connectivity index (χ4n) is 2.22. The molecule has 2 aromatic carbocycles. The Balaban J connectivity index is 1.93. The highest BCUT2D eigenvalue weighted by Gasteiger charge is 2.06. The minimum atomic E-state index is -0.119. The van der Waals surface area contributed by atoms with E-state index in [2.05, 4.69) is 16.0 Å². The first-order valence-electron chi connectivity index (χ1n) is 7.99. The maximum absolute atomic E-state index is 12.1. The Labute approximate surface area is 142 Å². The second-order valence-electron chi connectivity index (χ2n) is 5.63. The average Bonchev–Trinajstić information content (AvgIpc) is 2.57. The monoisotopic (exact) mass is 325 g/mol. The Morgan fingerprint density at radius 1 is 0.917 bits per heavy atom. The highest BCUT2D eigenvalue weighted by atomic mass is 16.2. The lowest BCUT2D eigenvalue weighted by atomic mass is 10.1. The summed E-state index contributed by atoms with van der Waals surface area (Å²) < 4.78 is 0. The van der Waals surface area contributed by atoms with Crippen LogP contribution in [0, 0.1) is 13.8 Å². The third-order valence-corrected chi connectivity index (χ3v) is 3.80. The smallest absolute Gasteiger partial charge is 0.243 e. The van der Waals surface area contributed by atoms with E-state index in [1.807, 2.05) is 50.2 Å². The van der Waals surface area contributed by atoms with Gasteiger partial charge in [0.25, 0.3) is 0 Å². The van der Waals surface area contributed by atoms with Crippen LogP contribution < -0.4 is 16.0 Å². The van der Waals surface area contributed by atoms with Crippen LogP contribution in [0.1, 0.15) is 24.5 Å². The van der Waals surface area contributed by atoms with Crippen molar-refractivity contribution < 1.29 is 9.59 Å². The number of nitrogens with one attached hydrogen (secondary N) is 3. The summed E-state index contributed by atoms with van der Waals surface area (Å²) in [7, 11) is 0. The number of benzene rings is 2. The molecule has 0 unspecified atom stereocenters. The molecule has 0 fully saturated rings. The molecule has 0 spiro atoms. The number of rotatable bonds is 6. The van der Waals surface area contributed by atoms with Gasteiger partial charge in [0.2, 0.25) is 11.8 Å². The fraction of sp³-hybridized carbons (Fsp3) is 0.263. The second-order valence-corrected chi connectivity index (χ2v) is 5.63. The van der Waals surface area contributed by atoms with Crippen LogP contribution >= 0.6 is 0 Å². The van der Waals surface area contributed by atoms with Crippen molar-refractivity contribution >= 4 is 28.9 Å². The molecule has 0 saturated heterocycles. The minimum Gasteiger partial charge on any atom is -0.376 e. The number of amides is 2. The van der Waals surface area contributed by atoms with Gasteiger partial charge >= 0.3 is 0 Å². The van der Waals surface area contributed by atoms with Crippen molar-refractivity contribution in [1.29, 1.82) is 0 Å². The lowest BCUT2D eigenvalue weighted by molar-refractivity contribution is -0.116. The molecule has 0 aliphatic heterocycles. The molecule has 0 heterocycles. The Morgan fingerprint density at radius 2 is 1.62 bits per heavy atom. The van der Waals surface area contributed by atoms with Gasteiger partial charge in [-0.2, -0.15) is 0 Å². The summed E-state index contributed by atoms with van der Waals surface area (Å²) in [5.41, 5.74) is 4.52. The predicted octanol–water partition coefficient (Wildman–Crippen LogP) is 3.70. The van der Waals surface area contributed by atoms with Crippen LogP contribution in [0.2, 0.25) is 0 Å². The lowest BCUT2D eigenvalue weighted by Crippen LogP contribution is -2.22. The van der Waals surface area contributed by atoms with Crippen molar-refractivity contribution in [3.8, 4) is 0 Å². The summed E-state index contributed by atoms with van der Waals surface area (Å²) in [6.07, 6.45) is 0.426. The third kappa shape index (κ3) is 4.84. The number of hydrogen-bond acceptors (Lipinski definition) is 3. The minimum absolute atomic E-state index is 0.0418. The molecule has 0 aliphatic rings. The van der Waals surface area contributed by atoms with Gasteiger partial charge < -0.3 is 16.0 Å². The zero-order valence-corrected chi connectivity index (χ0v) is 14.3. The first-order chi connectivity index (χ1) is 11.5. The van der Waals surface area contributed by atoms with Crippen LogP contribution in [0.5, 0.6) is 0 Å². The standard InChI is InChI=1S/C19H23N3O2/c1-4-18(23)21-16-9-6-8-15(11-16)20-12-19(24)22-17-10-5-7-13(2)14(17)3/h5-11,20H,4,12H2,1-3H3,(H,21,23)(H,22,24). The fourth-order valence-corrected chi connectivity index (χ4v) is 2.22. The van der Waals surface area contributed by atoms with Crippen molar-refractivity contribution in [3.05, 3.63) is 53.6 Å². The molecule has 24 heavy (non-hydrogen) atoms. The summed E-state index contributed by atoms with van der Waals surface area (Å²) in [5, 5.41) is 8.77. The molecule has 2 aromatic rings. The van der Waals surface area contributed by atoms with Crippen molar-refractivity contribution in [2.24, 2.45) is 0 Å². The summed E-state index contributed by atoms with van der Waals surface area (Å²) >= 11 is 0. The van der Waals surface area contributed by atoms with Gasteiger partial charge in [0, 0.05) is 23.5 Å². The van der Waals surface area contributed by atoms with E-state index in [0.717, 1.165) is 22.5 Å². The molecule has 3 N–H and O–H groups in total. The summed E-state index contributed by atoms with van der Waals surface area (Å²) in [5.74, 6) is -0.161. The van der Waals surface area contributed by atoms with Crippen LogP contribution in [0.4, 0.5) is 17.1 Å². The molecule has 0 bridgehead atoms. The second kappa shape index (κ2) is 8.15. The lowest BCUT2D eigenvalue weighted by Gasteiger charge is -2.12. The van der Waals surface area contributed by atoms with Crippen LogP contribution in [-0.4, -0.2) is 18.4 Å². The van der Waals surface area contributed by atoms with Crippen LogP contribution in [0.3, 0.4) is 0 Å². The normalized spacial score (nSPS) is 10.1. The van der Waals surface area contributed by atoms with E-state index in [-0.39, 0.29) is 18.4 Å². The quantitative estimate of drug-likeness (QED) is 0.758. The van der Waals surface area contributed by atoms with Gasteiger partial charge in [-0.25, -0.2) is 0 Å². The van der Waals surface area contributed by atoms with Gasteiger partial charge in [-0.1, -0.05) is 25.1 Å². The van der Waals surface area contributed by atoms with E-state index in [1.165, 1.54) is 0 Å². The van der Waals surface area contributed by atoms with Crippen LogP contribution in [-0.2, 0) is 9.59 Å². The highest BCUT2D eigenvalue weighted by molar-refractivity contribution is 5.95. The topological polar surface area (TPSA) is 70.2 Å². The number of carbonyl (C=O) groups is 2. The van der Waals surface area contributed by atoms with Gasteiger partial charge in [-0.05, 0) is 49.2 Å². The van der Waals surface area contributed by atoms with Crippen LogP contribution in [0.25, 0.3) is 0 Å². The van der Waals surface area contributed by atoms with Crippen molar-refractivity contribution in [2.45, 2.75) is 27.2 Å². The predicted molar refractivity (Wildman–Crippen MR) is 98.4 cm³/mol. The van der Waals surface area contributed by atoms with Crippen molar-refractivity contribution in [1.82, 2.24) is 0 Å². The van der Waals surface area contributed by atoms with E-state index in [9.17, 15) is 9.59 Å². The molecule has 0 aromatic heterocycles. The molecule has 0 atom stereocenters. The van der Waals surface area contributed by atoms with E-state index in [1.54, 1.807) is 13.0 Å². The summed E-state index contributed by atoms with van der Waals surface area (Å²) in [6, 6.07) is 13.1. The van der Waals surface area contributed by atoms with Crippen LogP contribution in [0.15, 0.2) is 42.5 Å². The molecule has 126 valence electrons. The van der Waals surface area contributed by atoms with Gasteiger partial charge in [0.1, 0.15) is 0 Å². The first-order valence-corrected chi connectivity index (χ1v) is 7.99. The number of anilines is 3. The third-order valence-electron chi connectivity index (χ3n) is 3.80. The zero-order valence-electron chi connectivity index (χ0n) is 14.3. The largest absolute Gasteiger partial charge is 0.376 e. The maximum Gasteiger partial charge on any atom is 0.243 e. The van der Waals surface area contributed by atoms with Gasteiger partial charge in [-0.3, -0.25) is 9.59 Å². The molecule has 0 aliphatic carbocycles. The van der Waals surface area contributed by atoms with Gasteiger partial charge in [0.05, 0.1) is 6.54 Å². The molecular formula is C19H23N3O2. The van der Waals surface area contributed by atoms with Crippen molar-refractivity contribution in [3.63, 3.8) is 0 Å². The zero-order chi connectivity index (χ0) is 17.5. The Bertz CT molecular complexity index is 741. The molecule has 0 saturated carbocycles. The Hall–Kier alpha value is -2.82. The molecule has 5 heteroatoms. The van der Waals surface area contributed by atoms with Gasteiger partial charge in [0.15, 0.2) is 0 Å². The average molecular weight is 325 g/mol. The van der Waals surface area contributed by atoms with E-state index in [0.29, 0.717) is 12.1 Å². The number of aryl methyl sites for hydroxylation is 1. The number of hydrogen-bond donors (Lipinski definition) is 3. The Morgan fingerprint density at radius 3 is 2.38 bits per heavy atom. The first kappa shape index (κ1) is 17.5. The highest BCUT2D eigenvalue weighted by Crippen LogP contribution is 2.18. The molecule has 2 rings (SSSR count). The molecule has 0 radical (unpaired) electrons. The Kier molecular flexibility index (Phi) is 5.95.